The number of allylic oxidation sites excluding steroid dienone is 7. The van der Waals surface area contributed by atoms with Gasteiger partial charge in [-0.25, -0.2) is 0 Å². The first-order chi connectivity index (χ1) is 35.7. The van der Waals surface area contributed by atoms with Gasteiger partial charge in [-0.2, -0.15) is 0 Å². The van der Waals surface area contributed by atoms with Crippen molar-refractivity contribution in [2.45, 2.75) is 314 Å². The molecule has 0 saturated carbocycles. The van der Waals surface area contributed by atoms with Crippen molar-refractivity contribution in [3.05, 3.63) is 48.6 Å². The highest BCUT2D eigenvalue weighted by atomic mass is 16.7. The third-order valence-corrected chi connectivity index (χ3v) is 14.2. The molecule has 1 fully saturated rings. The van der Waals surface area contributed by atoms with E-state index in [2.05, 4.69) is 55.6 Å². The van der Waals surface area contributed by atoms with Gasteiger partial charge in [-0.3, -0.25) is 9.59 Å². The third kappa shape index (κ3) is 41.5. The molecule has 0 aromatic carbocycles. The number of nitrogens with one attached hydrogen (secondary N) is 1. The topological polar surface area (TPSA) is 175 Å². The molecule has 1 aliphatic heterocycles. The van der Waals surface area contributed by atoms with E-state index < -0.39 is 49.5 Å². The maximum Gasteiger partial charge on any atom is 0.305 e. The average molecular weight is 1030 g/mol. The van der Waals surface area contributed by atoms with Gasteiger partial charge in [0.05, 0.1) is 32.0 Å². The van der Waals surface area contributed by atoms with E-state index in [1.807, 2.05) is 6.08 Å². The summed E-state index contributed by atoms with van der Waals surface area (Å²) in [4.78, 5) is 25.1. The number of carbonyl (C=O) groups is 2. The third-order valence-electron chi connectivity index (χ3n) is 14.2. The van der Waals surface area contributed by atoms with Crippen LogP contribution in [0.5, 0.6) is 0 Å². The van der Waals surface area contributed by atoms with Crippen LogP contribution in [0.25, 0.3) is 0 Å². The number of aliphatic hydroxyl groups excluding tert-OH is 5. The smallest absolute Gasteiger partial charge is 0.305 e. The molecule has 1 saturated heterocycles. The van der Waals surface area contributed by atoms with Gasteiger partial charge in [0, 0.05) is 12.8 Å². The molecular formula is C62H113NO10. The fourth-order valence-corrected chi connectivity index (χ4v) is 9.30. The standard InChI is InChI=1S/C62H113NO10/c1-3-5-7-9-11-13-14-15-16-17-18-21-24-27-30-34-38-42-46-50-58(67)71-51-47-43-39-35-31-28-25-22-19-20-23-26-29-33-37-41-45-49-57(66)63-54(55(65)48-44-40-36-32-12-10-8-6-4-2)53-72-62-61(70)60(69)59(68)56(52-64)73-62/h12,19,22,28,31-32,44,48,54-56,59-62,64-65,68-70H,3-11,13-18,20-21,23-27,29-30,33-43,45-47,49-53H2,1-2H3,(H,63,66)/b22-19-,31-28-,32-12+,48-44+. The van der Waals surface area contributed by atoms with E-state index in [0.29, 0.717) is 19.4 Å². The maximum absolute atomic E-state index is 13.0. The van der Waals surface area contributed by atoms with Crippen LogP contribution in [-0.4, -0.2) is 100 Å². The van der Waals surface area contributed by atoms with Gasteiger partial charge in [0.2, 0.25) is 5.91 Å². The van der Waals surface area contributed by atoms with Gasteiger partial charge in [-0.1, -0.05) is 223 Å². The summed E-state index contributed by atoms with van der Waals surface area (Å²) in [6.07, 6.45) is 55.2. The lowest BCUT2D eigenvalue weighted by molar-refractivity contribution is -0.302. The molecule has 11 nitrogen and oxygen atoms in total. The molecule has 426 valence electrons. The molecule has 0 aliphatic carbocycles. The zero-order chi connectivity index (χ0) is 53.1. The Bertz CT molecular complexity index is 1350. The normalized spacial score (nSPS) is 19.2. The minimum atomic E-state index is -1.58. The quantitative estimate of drug-likeness (QED) is 0.0195. The van der Waals surface area contributed by atoms with Crippen molar-refractivity contribution >= 4 is 11.9 Å². The Morgan fingerprint density at radius 2 is 0.932 bits per heavy atom. The second-order valence-electron chi connectivity index (χ2n) is 21.0. The summed E-state index contributed by atoms with van der Waals surface area (Å²) >= 11 is 0. The fourth-order valence-electron chi connectivity index (χ4n) is 9.30. The Balaban J connectivity index is 2.04. The summed E-state index contributed by atoms with van der Waals surface area (Å²) in [7, 11) is 0. The number of esters is 1. The summed E-state index contributed by atoms with van der Waals surface area (Å²) in [5.74, 6) is -0.240. The molecular weight excluding hydrogens is 919 g/mol. The van der Waals surface area contributed by atoms with Gasteiger partial charge in [-0.05, 0) is 83.5 Å². The number of aliphatic hydroxyl groups is 5. The highest BCUT2D eigenvalue weighted by Gasteiger charge is 2.44. The first-order valence-electron chi connectivity index (χ1n) is 30.4. The van der Waals surface area contributed by atoms with Crippen LogP contribution >= 0.6 is 0 Å². The summed E-state index contributed by atoms with van der Waals surface area (Å²) < 4.78 is 16.6. The lowest BCUT2D eigenvalue weighted by Gasteiger charge is -2.40. The van der Waals surface area contributed by atoms with Crippen LogP contribution in [0.1, 0.15) is 271 Å². The molecule has 6 N–H and O–H groups in total. The van der Waals surface area contributed by atoms with Gasteiger partial charge in [0.1, 0.15) is 24.4 Å². The van der Waals surface area contributed by atoms with E-state index in [0.717, 1.165) is 96.3 Å². The SMILES string of the molecule is CCCCC/C=C/CC/C=C/C(O)C(COC1OC(CO)C(O)C(O)C1O)NC(=O)CCCCCCCCC/C=C\C/C=C\CCCCCOC(=O)CCCCCCCCCCCCCCCCCCCCC. The number of amides is 1. The molecule has 7 atom stereocenters. The van der Waals surface area contributed by atoms with Crippen LogP contribution in [-0.2, 0) is 23.8 Å². The van der Waals surface area contributed by atoms with Crippen LogP contribution in [0.4, 0.5) is 0 Å². The molecule has 7 unspecified atom stereocenters. The van der Waals surface area contributed by atoms with E-state index in [9.17, 15) is 35.1 Å². The first kappa shape index (κ1) is 68.6. The molecule has 11 heteroatoms. The average Bonchev–Trinajstić information content (AvgIpc) is 3.39. The van der Waals surface area contributed by atoms with E-state index in [-0.39, 0.29) is 18.5 Å². The molecule has 1 aliphatic rings. The minimum Gasteiger partial charge on any atom is -0.466 e. The molecule has 1 heterocycles. The number of ether oxygens (including phenoxy) is 3. The molecule has 1 amide bonds. The number of rotatable bonds is 52. The lowest BCUT2D eigenvalue weighted by atomic mass is 9.99. The van der Waals surface area contributed by atoms with Crippen LogP contribution in [0.15, 0.2) is 48.6 Å². The number of hydrogen-bond donors (Lipinski definition) is 6. The van der Waals surface area contributed by atoms with Gasteiger partial charge in [0.15, 0.2) is 6.29 Å². The lowest BCUT2D eigenvalue weighted by Crippen LogP contribution is -2.60. The predicted molar refractivity (Wildman–Crippen MR) is 301 cm³/mol. The zero-order valence-corrected chi connectivity index (χ0v) is 46.8. The molecule has 0 aromatic heterocycles. The van der Waals surface area contributed by atoms with Gasteiger partial charge < -0.3 is 45.1 Å². The molecule has 0 aromatic rings. The van der Waals surface area contributed by atoms with Crippen molar-refractivity contribution in [1.29, 1.82) is 0 Å². The van der Waals surface area contributed by atoms with Crippen LogP contribution in [0.3, 0.4) is 0 Å². The van der Waals surface area contributed by atoms with E-state index in [4.69, 9.17) is 14.2 Å². The van der Waals surface area contributed by atoms with Gasteiger partial charge in [0.25, 0.3) is 0 Å². The monoisotopic (exact) mass is 1030 g/mol. The maximum atomic E-state index is 13.0. The van der Waals surface area contributed by atoms with E-state index in [1.165, 1.54) is 148 Å². The molecule has 0 radical (unpaired) electrons. The highest BCUT2D eigenvalue weighted by molar-refractivity contribution is 5.76. The zero-order valence-electron chi connectivity index (χ0n) is 46.8. The molecule has 0 spiro atoms. The summed E-state index contributed by atoms with van der Waals surface area (Å²) in [6, 6.07) is -0.839. The summed E-state index contributed by atoms with van der Waals surface area (Å²) in [6.45, 7) is 4.22. The number of carbonyl (C=O) groups excluding carboxylic acids is 2. The minimum absolute atomic E-state index is 0.0289. The van der Waals surface area contributed by atoms with Crippen molar-refractivity contribution in [3.63, 3.8) is 0 Å². The van der Waals surface area contributed by atoms with Gasteiger partial charge >= 0.3 is 5.97 Å². The van der Waals surface area contributed by atoms with Crippen LogP contribution < -0.4 is 5.32 Å². The Morgan fingerprint density at radius 3 is 1.47 bits per heavy atom. The Morgan fingerprint density at radius 1 is 0.507 bits per heavy atom. The highest BCUT2D eigenvalue weighted by Crippen LogP contribution is 2.23. The van der Waals surface area contributed by atoms with Gasteiger partial charge in [-0.15, -0.1) is 0 Å². The fraction of sp³-hybridized carbons (Fsp3) is 0.839. The van der Waals surface area contributed by atoms with Crippen molar-refractivity contribution < 1.29 is 49.3 Å². The van der Waals surface area contributed by atoms with Crippen molar-refractivity contribution in [1.82, 2.24) is 5.32 Å². The predicted octanol–water partition coefficient (Wildman–Crippen LogP) is 14.1. The van der Waals surface area contributed by atoms with Crippen molar-refractivity contribution in [2.75, 3.05) is 19.8 Å². The molecule has 0 bridgehead atoms. The first-order valence-corrected chi connectivity index (χ1v) is 30.4. The second-order valence-corrected chi connectivity index (χ2v) is 21.0. The summed E-state index contributed by atoms with van der Waals surface area (Å²) in [5, 5.41) is 54.1. The van der Waals surface area contributed by atoms with Crippen molar-refractivity contribution in [2.24, 2.45) is 0 Å². The number of hydrogen-bond acceptors (Lipinski definition) is 10. The second kappa shape index (κ2) is 51.7. The van der Waals surface area contributed by atoms with E-state index >= 15 is 0 Å². The van der Waals surface area contributed by atoms with E-state index in [1.54, 1.807) is 6.08 Å². The number of unbranched alkanes of at least 4 members (excludes halogenated alkanes) is 32. The molecule has 1 rings (SSSR count). The largest absolute Gasteiger partial charge is 0.466 e. The Hall–Kier alpha value is -2.38. The van der Waals surface area contributed by atoms with Crippen molar-refractivity contribution in [3.8, 4) is 0 Å². The van der Waals surface area contributed by atoms with Crippen LogP contribution in [0, 0.1) is 0 Å². The molecule has 73 heavy (non-hydrogen) atoms. The van der Waals surface area contributed by atoms with Crippen LogP contribution in [0.2, 0.25) is 0 Å². The Labute approximate surface area is 446 Å². The summed E-state index contributed by atoms with van der Waals surface area (Å²) in [5.41, 5.74) is 0. The Kier molecular flexibility index (Phi) is 48.6.